The molecule has 5 atom stereocenters. The number of fused-ring (bicyclic) bond motifs is 7. The van der Waals surface area contributed by atoms with Crippen LogP contribution < -0.4 is 25.4 Å². The minimum atomic E-state index is -0.959. The fourth-order valence-electron chi connectivity index (χ4n) is 8.23. The van der Waals surface area contributed by atoms with Crippen LogP contribution in [-0.2, 0) is 0 Å². The Balaban J connectivity index is 1.24. The molecule has 4 aromatic rings. The SMILES string of the molecule is Nc1nc2c(-c3c(F)c4c5c(nc(OC[C@@]67CCCN6C[C@H](F)C7)nc5c3F)N3CC5CCC(N5)C3CO4)ccc(F)c2s1. The first-order valence-corrected chi connectivity index (χ1v) is 15.9. The van der Waals surface area contributed by atoms with E-state index in [1.165, 1.54) is 6.07 Å². The highest BCUT2D eigenvalue weighted by molar-refractivity contribution is 7.22. The second-order valence-corrected chi connectivity index (χ2v) is 13.7. The Labute approximate surface area is 253 Å². The third-order valence-electron chi connectivity index (χ3n) is 10.2. The highest BCUT2D eigenvalue weighted by Crippen LogP contribution is 2.48. The standard InChI is InChI=1S/C30H29F4N7O2S/c31-13-8-30(6-1-7-40(30)9-13)12-43-29-38-24-20-25(42-11-18-17-5-2-14(36-17)10-41(18)27(20)39-29)22(34)19(21(24)33)15-3-4-16(32)26-23(15)37-28(35)44-26/h3-4,13-14,17-18,36H,1-2,5-12H2,(H2,35,37)/t13-,14?,17?,18?,30+/m1/s1. The van der Waals surface area contributed by atoms with Crippen LogP contribution in [0.1, 0.15) is 32.1 Å². The second kappa shape index (κ2) is 9.51. The Morgan fingerprint density at radius 1 is 1.11 bits per heavy atom. The zero-order valence-corrected chi connectivity index (χ0v) is 24.4. The van der Waals surface area contributed by atoms with E-state index in [0.717, 1.165) is 49.6 Å². The van der Waals surface area contributed by atoms with E-state index in [2.05, 4.69) is 25.1 Å². The highest BCUT2D eigenvalue weighted by Gasteiger charge is 2.50. The van der Waals surface area contributed by atoms with Crippen LogP contribution in [0, 0.1) is 17.5 Å². The van der Waals surface area contributed by atoms with Gasteiger partial charge in [0, 0.05) is 37.2 Å². The zero-order chi connectivity index (χ0) is 29.9. The molecular formula is C30H29F4N7O2S. The molecule has 9 nitrogen and oxygen atoms in total. The Hall–Kier alpha value is -3.49. The lowest BCUT2D eigenvalue weighted by Crippen LogP contribution is -2.60. The van der Waals surface area contributed by atoms with Crippen molar-refractivity contribution in [2.45, 2.75) is 61.9 Å². The van der Waals surface area contributed by atoms with Crippen LogP contribution in [0.5, 0.6) is 11.8 Å². The maximum absolute atomic E-state index is 16.8. The number of hydrogen-bond donors (Lipinski definition) is 2. The third-order valence-corrected chi connectivity index (χ3v) is 11.1. The van der Waals surface area contributed by atoms with E-state index in [0.29, 0.717) is 25.3 Å². The molecule has 7 heterocycles. The second-order valence-electron chi connectivity index (χ2n) is 12.7. The smallest absolute Gasteiger partial charge is 0.319 e. The van der Waals surface area contributed by atoms with Gasteiger partial charge < -0.3 is 25.4 Å². The molecule has 2 bridgehead atoms. The van der Waals surface area contributed by atoms with Crippen molar-refractivity contribution in [3.63, 3.8) is 0 Å². The van der Waals surface area contributed by atoms with Crippen LogP contribution in [0.3, 0.4) is 0 Å². The van der Waals surface area contributed by atoms with Crippen LogP contribution in [-0.4, -0.2) is 82.5 Å². The molecule has 4 saturated heterocycles. The fourth-order valence-corrected chi connectivity index (χ4v) is 8.99. The number of anilines is 2. The van der Waals surface area contributed by atoms with Gasteiger partial charge in [-0.2, -0.15) is 9.97 Å². The highest BCUT2D eigenvalue weighted by atomic mass is 32.1. The first-order valence-electron chi connectivity index (χ1n) is 15.0. The molecule has 2 aromatic heterocycles. The summed E-state index contributed by atoms with van der Waals surface area (Å²) in [7, 11) is 0. The summed E-state index contributed by atoms with van der Waals surface area (Å²) in [5.74, 6) is -2.30. The molecule has 0 saturated carbocycles. The van der Waals surface area contributed by atoms with E-state index in [-0.39, 0.29) is 74.9 Å². The number of nitrogens with zero attached hydrogens (tertiary/aromatic N) is 5. The molecular weight excluding hydrogens is 598 g/mol. The van der Waals surface area contributed by atoms with Gasteiger partial charge in [0.25, 0.3) is 0 Å². The summed E-state index contributed by atoms with van der Waals surface area (Å²) in [4.78, 5) is 17.7. The average Bonchev–Trinajstić information content (AvgIpc) is 3.73. The zero-order valence-electron chi connectivity index (χ0n) is 23.6. The normalized spacial score (nSPS) is 29.2. The molecule has 0 amide bonds. The fraction of sp³-hybridized carbons (Fsp3) is 0.500. The maximum atomic E-state index is 16.8. The van der Waals surface area contributed by atoms with Crippen molar-refractivity contribution < 1.29 is 27.0 Å². The summed E-state index contributed by atoms with van der Waals surface area (Å²) in [6.07, 6.45) is 3.05. The molecule has 5 aliphatic heterocycles. The van der Waals surface area contributed by atoms with Gasteiger partial charge in [0.1, 0.15) is 36.5 Å². The lowest BCUT2D eigenvalue weighted by atomic mass is 9.95. The van der Waals surface area contributed by atoms with E-state index >= 15 is 8.78 Å². The lowest BCUT2D eigenvalue weighted by Gasteiger charge is -2.40. The minimum Gasteiger partial charge on any atom is -0.487 e. The molecule has 0 aliphatic carbocycles. The summed E-state index contributed by atoms with van der Waals surface area (Å²) in [6.45, 7) is 2.04. The van der Waals surface area contributed by atoms with Gasteiger partial charge in [-0.1, -0.05) is 11.3 Å². The molecule has 230 valence electrons. The van der Waals surface area contributed by atoms with Crippen molar-refractivity contribution in [3.8, 4) is 22.9 Å². The number of alkyl halides is 1. The Bertz CT molecular complexity index is 1860. The third kappa shape index (κ3) is 3.79. The van der Waals surface area contributed by atoms with Gasteiger partial charge in [0.15, 0.2) is 22.5 Å². The van der Waals surface area contributed by atoms with Crippen LogP contribution in [0.25, 0.3) is 32.2 Å². The first-order chi connectivity index (χ1) is 21.3. The molecule has 2 aromatic carbocycles. The largest absolute Gasteiger partial charge is 0.487 e. The Morgan fingerprint density at radius 2 is 2.00 bits per heavy atom. The number of aromatic nitrogens is 3. The van der Waals surface area contributed by atoms with Gasteiger partial charge in [-0.3, -0.25) is 4.90 Å². The van der Waals surface area contributed by atoms with E-state index in [1.54, 1.807) is 0 Å². The summed E-state index contributed by atoms with van der Waals surface area (Å²) in [5, 5.41) is 3.81. The number of nitrogens with two attached hydrogens (primary N) is 1. The number of nitrogen functional groups attached to an aromatic ring is 1. The van der Waals surface area contributed by atoms with Crippen molar-refractivity contribution in [1.82, 2.24) is 25.2 Å². The minimum absolute atomic E-state index is 0.0388. The molecule has 3 N–H and O–H groups in total. The van der Waals surface area contributed by atoms with Gasteiger partial charge in [0.05, 0.1) is 32.7 Å². The summed E-state index contributed by atoms with van der Waals surface area (Å²) in [6, 6.07) is 2.49. The number of benzene rings is 2. The quantitative estimate of drug-likeness (QED) is 0.316. The average molecular weight is 628 g/mol. The molecule has 3 unspecified atom stereocenters. The van der Waals surface area contributed by atoms with Crippen molar-refractivity contribution in [2.75, 3.05) is 43.5 Å². The van der Waals surface area contributed by atoms with Crippen molar-refractivity contribution >= 4 is 43.4 Å². The molecule has 4 fully saturated rings. The van der Waals surface area contributed by atoms with Gasteiger partial charge >= 0.3 is 6.01 Å². The number of rotatable bonds is 4. The monoisotopic (exact) mass is 627 g/mol. The Kier molecular flexibility index (Phi) is 5.81. The lowest BCUT2D eigenvalue weighted by molar-refractivity contribution is 0.107. The van der Waals surface area contributed by atoms with Crippen LogP contribution in [0.2, 0.25) is 0 Å². The van der Waals surface area contributed by atoms with Crippen molar-refractivity contribution in [1.29, 1.82) is 0 Å². The number of ether oxygens (including phenoxy) is 2. The summed E-state index contributed by atoms with van der Waals surface area (Å²) in [5.41, 5.74) is 4.90. The maximum Gasteiger partial charge on any atom is 0.319 e. The van der Waals surface area contributed by atoms with Crippen molar-refractivity contribution in [3.05, 3.63) is 29.6 Å². The van der Waals surface area contributed by atoms with Gasteiger partial charge in [-0.15, -0.1) is 0 Å². The van der Waals surface area contributed by atoms with E-state index < -0.39 is 34.7 Å². The topological polar surface area (TPSA) is 102 Å². The van der Waals surface area contributed by atoms with Gasteiger partial charge in [0.2, 0.25) is 0 Å². The van der Waals surface area contributed by atoms with E-state index in [1.807, 2.05) is 0 Å². The van der Waals surface area contributed by atoms with Gasteiger partial charge in [-0.05, 0) is 44.4 Å². The number of piperazine rings is 1. The predicted molar refractivity (Wildman–Crippen MR) is 158 cm³/mol. The number of thiazole rings is 1. The summed E-state index contributed by atoms with van der Waals surface area (Å²) >= 11 is 0.904. The van der Waals surface area contributed by atoms with E-state index in [4.69, 9.17) is 20.2 Å². The number of hydrogen-bond acceptors (Lipinski definition) is 10. The predicted octanol–water partition coefficient (Wildman–Crippen LogP) is 4.56. The molecule has 5 aliphatic rings. The molecule has 0 spiro atoms. The van der Waals surface area contributed by atoms with Crippen LogP contribution in [0.15, 0.2) is 12.1 Å². The summed E-state index contributed by atoms with van der Waals surface area (Å²) < 4.78 is 75.0. The molecule has 14 heteroatoms. The van der Waals surface area contributed by atoms with Crippen LogP contribution in [0.4, 0.5) is 28.5 Å². The molecule has 9 rings (SSSR count). The van der Waals surface area contributed by atoms with Crippen LogP contribution >= 0.6 is 11.3 Å². The van der Waals surface area contributed by atoms with E-state index in [9.17, 15) is 8.78 Å². The number of halogens is 4. The van der Waals surface area contributed by atoms with Crippen molar-refractivity contribution in [2.24, 2.45) is 0 Å². The Morgan fingerprint density at radius 3 is 2.89 bits per heavy atom. The molecule has 44 heavy (non-hydrogen) atoms. The first kappa shape index (κ1) is 26.9. The van der Waals surface area contributed by atoms with Gasteiger partial charge in [-0.25, -0.2) is 22.5 Å². The molecule has 0 radical (unpaired) electrons. The number of nitrogens with one attached hydrogen (secondary N) is 1.